The van der Waals surface area contributed by atoms with E-state index in [4.69, 9.17) is 4.52 Å². The molecule has 4 rings (SSSR count). The predicted molar refractivity (Wildman–Crippen MR) is 113 cm³/mol. The lowest BCUT2D eigenvalue weighted by atomic mass is 9.97. The number of hydrogen-bond acceptors (Lipinski definition) is 7. The Hall–Kier alpha value is -3.81. The summed E-state index contributed by atoms with van der Waals surface area (Å²) >= 11 is 0. The van der Waals surface area contributed by atoms with Crippen molar-refractivity contribution in [2.24, 2.45) is 7.05 Å². The van der Waals surface area contributed by atoms with E-state index in [1.165, 1.54) is 6.20 Å². The first-order valence-electron chi connectivity index (χ1n) is 9.62. The van der Waals surface area contributed by atoms with Gasteiger partial charge in [0, 0.05) is 31.4 Å². The Morgan fingerprint density at radius 2 is 2.07 bits per heavy atom. The van der Waals surface area contributed by atoms with Gasteiger partial charge in [-0.15, -0.1) is 0 Å². The second-order valence-electron chi connectivity index (χ2n) is 7.15. The monoisotopic (exact) mass is 402 g/mol. The molecule has 0 unspecified atom stereocenters. The lowest BCUT2D eigenvalue weighted by Crippen LogP contribution is -2.02. The van der Waals surface area contributed by atoms with Crippen LogP contribution in [0.3, 0.4) is 0 Å². The molecule has 0 atom stereocenters. The lowest BCUT2D eigenvalue weighted by molar-refractivity contribution is 0.0981. The molecule has 8 heteroatoms. The highest BCUT2D eigenvalue weighted by atomic mass is 16.5. The summed E-state index contributed by atoms with van der Waals surface area (Å²) in [5, 5.41) is 11.0. The average Bonchev–Trinajstić information content (AvgIpc) is 3.35. The van der Waals surface area contributed by atoms with Gasteiger partial charge in [-0.1, -0.05) is 17.3 Å². The van der Waals surface area contributed by atoms with Crippen molar-refractivity contribution in [3.63, 3.8) is 0 Å². The molecule has 3 aromatic heterocycles. The van der Waals surface area contributed by atoms with Gasteiger partial charge >= 0.3 is 0 Å². The minimum atomic E-state index is 0.0409. The average molecular weight is 402 g/mol. The first-order valence-corrected chi connectivity index (χ1v) is 9.62. The van der Waals surface area contributed by atoms with Crippen molar-refractivity contribution in [3.05, 3.63) is 71.5 Å². The zero-order valence-corrected chi connectivity index (χ0v) is 17.1. The van der Waals surface area contributed by atoms with Crippen molar-refractivity contribution in [1.82, 2.24) is 24.9 Å². The number of benzene rings is 1. The molecule has 1 N–H and O–H groups in total. The molecular formula is C22H22N6O2. The number of aryl methyl sites for hydroxylation is 4. The van der Waals surface area contributed by atoms with Crippen molar-refractivity contribution in [3.8, 4) is 11.3 Å². The summed E-state index contributed by atoms with van der Waals surface area (Å²) < 4.78 is 6.69. The van der Waals surface area contributed by atoms with Gasteiger partial charge in [0.15, 0.2) is 5.78 Å². The van der Waals surface area contributed by atoms with E-state index in [0.717, 1.165) is 28.1 Å². The first-order chi connectivity index (χ1) is 14.5. The maximum atomic E-state index is 12.4. The molecule has 152 valence electrons. The zero-order valence-electron chi connectivity index (χ0n) is 17.1. The van der Waals surface area contributed by atoms with Crippen LogP contribution in [0.5, 0.6) is 0 Å². The molecule has 0 radical (unpaired) electrons. The molecule has 0 spiro atoms. The minimum absolute atomic E-state index is 0.0409. The Morgan fingerprint density at radius 1 is 1.20 bits per heavy atom. The molecule has 0 bridgehead atoms. The number of hydrogen-bond donors (Lipinski definition) is 1. The van der Waals surface area contributed by atoms with Crippen LogP contribution in [-0.2, 0) is 13.5 Å². The molecule has 0 aliphatic carbocycles. The summed E-state index contributed by atoms with van der Waals surface area (Å²) in [6.45, 7) is 3.80. The third-order valence-corrected chi connectivity index (χ3v) is 4.93. The van der Waals surface area contributed by atoms with Crippen LogP contribution in [0.2, 0.25) is 0 Å². The maximum absolute atomic E-state index is 12.4. The number of nitrogens with zero attached hydrogens (tertiary/aromatic N) is 5. The Bertz CT molecular complexity index is 1190. The quantitative estimate of drug-likeness (QED) is 0.466. The number of anilines is 2. The molecule has 3 heterocycles. The molecule has 0 amide bonds. The largest absolute Gasteiger partial charge is 0.361 e. The fraction of sp³-hybridized carbons (Fsp3) is 0.227. The minimum Gasteiger partial charge on any atom is -0.361 e. The van der Waals surface area contributed by atoms with Gasteiger partial charge in [-0.05, 0) is 43.5 Å². The van der Waals surface area contributed by atoms with Crippen LogP contribution >= 0.6 is 0 Å². The first kappa shape index (κ1) is 19.5. The van der Waals surface area contributed by atoms with Crippen LogP contribution in [0, 0.1) is 13.8 Å². The number of carbonyl (C=O) groups is 1. The van der Waals surface area contributed by atoms with E-state index in [1.807, 2.05) is 32.3 Å². The molecule has 0 aliphatic rings. The molecular weight excluding hydrogens is 380 g/mol. The fourth-order valence-electron chi connectivity index (χ4n) is 3.28. The highest BCUT2D eigenvalue weighted by Gasteiger charge is 2.14. The van der Waals surface area contributed by atoms with Crippen molar-refractivity contribution >= 4 is 17.4 Å². The maximum Gasteiger partial charge on any atom is 0.227 e. The van der Waals surface area contributed by atoms with E-state index >= 15 is 0 Å². The number of aromatic nitrogens is 5. The number of ketones is 1. The second kappa shape index (κ2) is 8.28. The molecule has 0 saturated heterocycles. The van der Waals surface area contributed by atoms with Gasteiger partial charge in [0.1, 0.15) is 5.76 Å². The Balaban J connectivity index is 1.47. The van der Waals surface area contributed by atoms with Crippen molar-refractivity contribution in [2.75, 3.05) is 5.32 Å². The number of carbonyl (C=O) groups excluding carboxylic acids is 1. The second-order valence-corrected chi connectivity index (χ2v) is 7.15. The van der Waals surface area contributed by atoms with Gasteiger partial charge in [-0.25, -0.2) is 9.97 Å². The summed E-state index contributed by atoms with van der Waals surface area (Å²) in [5.74, 6) is 1.11. The van der Waals surface area contributed by atoms with Crippen molar-refractivity contribution < 1.29 is 9.32 Å². The molecule has 8 nitrogen and oxygen atoms in total. The summed E-state index contributed by atoms with van der Waals surface area (Å²) in [5.41, 5.74) is 5.44. The lowest BCUT2D eigenvalue weighted by Gasteiger charge is -2.09. The van der Waals surface area contributed by atoms with E-state index in [0.29, 0.717) is 30.1 Å². The highest BCUT2D eigenvalue weighted by Crippen LogP contribution is 2.23. The zero-order chi connectivity index (χ0) is 21.1. The molecule has 0 aliphatic heterocycles. The molecule has 1 aromatic carbocycles. The van der Waals surface area contributed by atoms with Crippen molar-refractivity contribution in [2.45, 2.75) is 26.7 Å². The van der Waals surface area contributed by atoms with Gasteiger partial charge < -0.3 is 9.84 Å². The van der Waals surface area contributed by atoms with Gasteiger partial charge in [0.2, 0.25) is 5.95 Å². The van der Waals surface area contributed by atoms with Gasteiger partial charge in [-0.2, -0.15) is 5.10 Å². The molecule has 4 aromatic rings. The van der Waals surface area contributed by atoms with Crippen LogP contribution < -0.4 is 5.32 Å². The summed E-state index contributed by atoms with van der Waals surface area (Å²) in [7, 11) is 1.85. The predicted octanol–water partition coefficient (Wildman–Crippen LogP) is 4.04. The van der Waals surface area contributed by atoms with Crippen LogP contribution in [0.1, 0.15) is 33.7 Å². The van der Waals surface area contributed by atoms with Gasteiger partial charge in [-0.3, -0.25) is 9.48 Å². The topological polar surface area (TPSA) is 98.7 Å². The number of Topliss-reactive ketones (excluding diaryl/α,β-unsaturated/α-hetero) is 1. The van der Waals surface area contributed by atoms with Crippen LogP contribution in [0.4, 0.5) is 11.6 Å². The van der Waals surface area contributed by atoms with Gasteiger partial charge in [0.05, 0.1) is 29.3 Å². The highest BCUT2D eigenvalue weighted by molar-refractivity contribution is 5.96. The van der Waals surface area contributed by atoms with E-state index in [9.17, 15) is 4.79 Å². The van der Waals surface area contributed by atoms with Crippen molar-refractivity contribution in [1.29, 1.82) is 0 Å². The van der Waals surface area contributed by atoms with E-state index in [2.05, 4.69) is 37.7 Å². The van der Waals surface area contributed by atoms with E-state index in [1.54, 1.807) is 24.0 Å². The number of rotatable bonds is 7. The normalized spacial score (nSPS) is 10.9. The molecule has 0 saturated carbocycles. The fourth-order valence-corrected chi connectivity index (χ4v) is 3.28. The Kier molecular flexibility index (Phi) is 5.38. The summed E-state index contributed by atoms with van der Waals surface area (Å²) in [4.78, 5) is 21.2. The Morgan fingerprint density at radius 3 is 2.77 bits per heavy atom. The van der Waals surface area contributed by atoms with Crippen LogP contribution in [0.25, 0.3) is 11.3 Å². The van der Waals surface area contributed by atoms with Crippen LogP contribution in [-0.4, -0.2) is 30.7 Å². The SMILES string of the molecule is Cc1cc(-c2ccnc(Nc3cnn(C)c3)n2)ccc1CCC(=O)c1cnoc1C. The van der Waals surface area contributed by atoms with E-state index in [-0.39, 0.29) is 5.78 Å². The van der Waals surface area contributed by atoms with Gasteiger partial charge in [0.25, 0.3) is 0 Å². The molecule has 0 fully saturated rings. The Labute approximate surface area is 174 Å². The smallest absolute Gasteiger partial charge is 0.227 e. The number of nitrogens with one attached hydrogen (secondary N) is 1. The third kappa shape index (κ3) is 4.27. The molecule has 30 heavy (non-hydrogen) atoms. The van der Waals surface area contributed by atoms with Crippen LogP contribution in [0.15, 0.2) is 53.6 Å². The van der Waals surface area contributed by atoms with E-state index < -0.39 is 0 Å². The standard InChI is InChI=1S/C22H22N6O2/c1-14-10-17(5-4-16(14)6-7-21(29)19-12-25-30-15(19)2)20-8-9-23-22(27-20)26-18-11-24-28(3)13-18/h4-5,8-13H,6-7H2,1-3H3,(H,23,26,27). The summed E-state index contributed by atoms with van der Waals surface area (Å²) in [6, 6.07) is 8.03. The summed E-state index contributed by atoms with van der Waals surface area (Å²) in [6.07, 6.45) is 7.86. The third-order valence-electron chi connectivity index (χ3n) is 4.93.